The van der Waals surface area contributed by atoms with Gasteiger partial charge in [-0.1, -0.05) is 26.0 Å². The molecule has 0 aromatic heterocycles. The van der Waals surface area contributed by atoms with E-state index < -0.39 is 0 Å². The number of nitrogens with zero attached hydrogens (tertiary/aromatic N) is 1. The Balaban J connectivity index is 1.80. The minimum Gasteiger partial charge on any atom is -0.326 e. The van der Waals surface area contributed by atoms with Crippen LogP contribution >= 0.6 is 0 Å². The van der Waals surface area contributed by atoms with Crippen molar-refractivity contribution in [3.8, 4) is 0 Å². The van der Waals surface area contributed by atoms with Crippen LogP contribution < -0.4 is 11.1 Å². The summed E-state index contributed by atoms with van der Waals surface area (Å²) >= 11 is 0. The van der Waals surface area contributed by atoms with Crippen molar-refractivity contribution >= 4 is 11.6 Å². The molecule has 1 fully saturated rings. The standard InChI is InChI=1S/C16H25N3O/c1-12(2)14-7-8-19(10-14)11-16(20)18-15-5-3-13(9-17)4-6-15/h3-6,12,14H,7-11,17H2,1-2H3,(H,18,20). The maximum absolute atomic E-state index is 12.0. The van der Waals surface area contributed by atoms with E-state index in [4.69, 9.17) is 5.73 Å². The molecule has 20 heavy (non-hydrogen) atoms. The lowest BCUT2D eigenvalue weighted by molar-refractivity contribution is -0.117. The highest BCUT2D eigenvalue weighted by atomic mass is 16.2. The fourth-order valence-electron chi connectivity index (χ4n) is 2.68. The second-order valence-corrected chi connectivity index (χ2v) is 5.98. The molecule has 1 atom stereocenters. The summed E-state index contributed by atoms with van der Waals surface area (Å²) in [7, 11) is 0. The predicted molar refractivity (Wildman–Crippen MR) is 82.3 cm³/mol. The Morgan fingerprint density at radius 2 is 2.10 bits per heavy atom. The maximum Gasteiger partial charge on any atom is 0.238 e. The van der Waals surface area contributed by atoms with E-state index in [-0.39, 0.29) is 5.91 Å². The average Bonchev–Trinajstić information content (AvgIpc) is 2.88. The molecular formula is C16H25N3O. The molecule has 0 spiro atoms. The molecule has 1 heterocycles. The first-order valence-electron chi connectivity index (χ1n) is 7.39. The smallest absolute Gasteiger partial charge is 0.238 e. The molecule has 1 aliphatic rings. The molecule has 1 unspecified atom stereocenters. The van der Waals surface area contributed by atoms with Gasteiger partial charge >= 0.3 is 0 Å². The Morgan fingerprint density at radius 1 is 1.40 bits per heavy atom. The van der Waals surface area contributed by atoms with Crippen molar-refractivity contribution in [2.75, 3.05) is 25.0 Å². The normalized spacial score (nSPS) is 19.5. The minimum atomic E-state index is 0.0647. The monoisotopic (exact) mass is 275 g/mol. The quantitative estimate of drug-likeness (QED) is 0.865. The van der Waals surface area contributed by atoms with Crippen molar-refractivity contribution in [2.24, 2.45) is 17.6 Å². The second-order valence-electron chi connectivity index (χ2n) is 5.98. The van der Waals surface area contributed by atoms with Gasteiger partial charge in [0, 0.05) is 18.8 Å². The summed E-state index contributed by atoms with van der Waals surface area (Å²) in [5.41, 5.74) is 7.46. The molecule has 0 saturated carbocycles. The van der Waals surface area contributed by atoms with Gasteiger partial charge in [-0.3, -0.25) is 9.69 Å². The SMILES string of the molecule is CC(C)C1CCN(CC(=O)Nc2ccc(CN)cc2)C1. The van der Waals surface area contributed by atoms with Crippen LogP contribution in [0.1, 0.15) is 25.8 Å². The highest BCUT2D eigenvalue weighted by molar-refractivity contribution is 5.92. The number of anilines is 1. The Hall–Kier alpha value is -1.39. The van der Waals surface area contributed by atoms with E-state index >= 15 is 0 Å². The highest BCUT2D eigenvalue weighted by Crippen LogP contribution is 2.23. The number of hydrogen-bond acceptors (Lipinski definition) is 3. The van der Waals surface area contributed by atoms with Crippen LogP contribution in [0.3, 0.4) is 0 Å². The van der Waals surface area contributed by atoms with Gasteiger partial charge in [-0.25, -0.2) is 0 Å². The molecule has 110 valence electrons. The summed E-state index contributed by atoms with van der Waals surface area (Å²) in [4.78, 5) is 14.3. The summed E-state index contributed by atoms with van der Waals surface area (Å²) in [5, 5.41) is 2.94. The number of hydrogen-bond donors (Lipinski definition) is 2. The Kier molecular flexibility index (Phi) is 5.15. The van der Waals surface area contributed by atoms with Gasteiger partial charge in [0.2, 0.25) is 5.91 Å². The first kappa shape index (κ1) is 15.0. The van der Waals surface area contributed by atoms with Crippen LogP contribution in [0.4, 0.5) is 5.69 Å². The lowest BCUT2D eigenvalue weighted by atomic mass is 9.95. The number of rotatable bonds is 5. The number of benzene rings is 1. The lowest BCUT2D eigenvalue weighted by Gasteiger charge is -2.17. The molecule has 3 N–H and O–H groups in total. The Labute approximate surface area is 121 Å². The molecule has 1 amide bonds. The Bertz CT molecular complexity index is 442. The number of likely N-dealkylation sites (tertiary alicyclic amines) is 1. The van der Waals surface area contributed by atoms with Crippen molar-refractivity contribution in [1.82, 2.24) is 4.90 Å². The van der Waals surface area contributed by atoms with E-state index in [0.29, 0.717) is 19.0 Å². The fraction of sp³-hybridized carbons (Fsp3) is 0.562. The van der Waals surface area contributed by atoms with Gasteiger partial charge in [-0.05, 0) is 42.5 Å². The summed E-state index contributed by atoms with van der Waals surface area (Å²) in [6, 6.07) is 7.70. The molecule has 4 heteroatoms. The molecule has 1 aromatic rings. The van der Waals surface area contributed by atoms with Crippen LogP contribution in [0.25, 0.3) is 0 Å². The van der Waals surface area contributed by atoms with E-state index in [2.05, 4.69) is 24.1 Å². The second kappa shape index (κ2) is 6.86. The number of carbonyl (C=O) groups excluding carboxylic acids is 1. The topological polar surface area (TPSA) is 58.4 Å². The lowest BCUT2D eigenvalue weighted by Crippen LogP contribution is -2.32. The maximum atomic E-state index is 12.0. The third kappa shape index (κ3) is 4.05. The summed E-state index contributed by atoms with van der Waals surface area (Å²) < 4.78 is 0. The van der Waals surface area contributed by atoms with Crippen molar-refractivity contribution in [1.29, 1.82) is 0 Å². The fourth-order valence-corrected chi connectivity index (χ4v) is 2.68. The number of carbonyl (C=O) groups is 1. The van der Waals surface area contributed by atoms with Gasteiger partial charge in [-0.15, -0.1) is 0 Å². The van der Waals surface area contributed by atoms with Crippen LogP contribution in [0.5, 0.6) is 0 Å². The largest absolute Gasteiger partial charge is 0.326 e. The first-order valence-corrected chi connectivity index (χ1v) is 7.39. The van der Waals surface area contributed by atoms with Crippen molar-refractivity contribution in [3.63, 3.8) is 0 Å². The Morgan fingerprint density at radius 3 is 2.65 bits per heavy atom. The third-order valence-corrected chi connectivity index (χ3v) is 4.09. The number of amides is 1. The average molecular weight is 275 g/mol. The molecule has 1 saturated heterocycles. The summed E-state index contributed by atoms with van der Waals surface area (Å²) in [5.74, 6) is 1.49. The van der Waals surface area contributed by atoms with Crippen LogP contribution in [0.2, 0.25) is 0 Å². The molecule has 0 aliphatic carbocycles. The molecular weight excluding hydrogens is 250 g/mol. The van der Waals surface area contributed by atoms with Gasteiger partial charge in [0.25, 0.3) is 0 Å². The molecule has 1 aliphatic heterocycles. The third-order valence-electron chi connectivity index (χ3n) is 4.09. The molecule has 0 bridgehead atoms. The van der Waals surface area contributed by atoms with Gasteiger partial charge in [-0.2, -0.15) is 0 Å². The van der Waals surface area contributed by atoms with Crippen molar-refractivity contribution < 1.29 is 4.79 Å². The van der Waals surface area contributed by atoms with Gasteiger partial charge in [0.1, 0.15) is 0 Å². The molecule has 0 radical (unpaired) electrons. The zero-order chi connectivity index (χ0) is 14.5. The zero-order valence-corrected chi connectivity index (χ0v) is 12.4. The summed E-state index contributed by atoms with van der Waals surface area (Å²) in [6.07, 6.45) is 1.20. The zero-order valence-electron chi connectivity index (χ0n) is 12.4. The molecule has 1 aromatic carbocycles. The van der Waals surface area contributed by atoms with Crippen molar-refractivity contribution in [2.45, 2.75) is 26.8 Å². The first-order chi connectivity index (χ1) is 9.58. The van der Waals surface area contributed by atoms with E-state index in [1.165, 1.54) is 6.42 Å². The minimum absolute atomic E-state index is 0.0647. The van der Waals surface area contributed by atoms with E-state index in [0.717, 1.165) is 30.3 Å². The molecule has 4 nitrogen and oxygen atoms in total. The van der Waals surface area contributed by atoms with Crippen molar-refractivity contribution in [3.05, 3.63) is 29.8 Å². The van der Waals surface area contributed by atoms with Crippen LogP contribution in [-0.2, 0) is 11.3 Å². The highest BCUT2D eigenvalue weighted by Gasteiger charge is 2.25. The number of nitrogens with one attached hydrogen (secondary N) is 1. The van der Waals surface area contributed by atoms with E-state index in [1.54, 1.807) is 0 Å². The van der Waals surface area contributed by atoms with E-state index in [9.17, 15) is 4.79 Å². The number of nitrogens with two attached hydrogens (primary N) is 1. The van der Waals surface area contributed by atoms with Gasteiger partial charge in [0.15, 0.2) is 0 Å². The van der Waals surface area contributed by atoms with Crippen LogP contribution in [-0.4, -0.2) is 30.4 Å². The van der Waals surface area contributed by atoms with Crippen LogP contribution in [0, 0.1) is 11.8 Å². The van der Waals surface area contributed by atoms with Gasteiger partial charge in [0.05, 0.1) is 6.54 Å². The summed E-state index contributed by atoms with van der Waals surface area (Å²) in [6.45, 7) is 7.60. The van der Waals surface area contributed by atoms with E-state index in [1.807, 2.05) is 24.3 Å². The predicted octanol–water partition coefficient (Wildman–Crippen LogP) is 2.06. The molecule has 2 rings (SSSR count). The van der Waals surface area contributed by atoms with Gasteiger partial charge < -0.3 is 11.1 Å². The van der Waals surface area contributed by atoms with Crippen LogP contribution in [0.15, 0.2) is 24.3 Å².